The van der Waals surface area contributed by atoms with Gasteiger partial charge in [0.2, 0.25) is 10.0 Å². The number of carboxylic acids is 1. The molecule has 1 unspecified atom stereocenters. The average molecular weight is 423 g/mol. The summed E-state index contributed by atoms with van der Waals surface area (Å²) in [5, 5.41) is 18.3. The van der Waals surface area contributed by atoms with Crippen molar-refractivity contribution in [3.05, 3.63) is 71.0 Å². The summed E-state index contributed by atoms with van der Waals surface area (Å²) in [6, 6.07) is 13.4. The van der Waals surface area contributed by atoms with E-state index >= 15 is 0 Å². The maximum absolute atomic E-state index is 13.1. The van der Waals surface area contributed by atoms with Crippen LogP contribution in [0.4, 0.5) is 0 Å². The van der Waals surface area contributed by atoms with E-state index in [2.05, 4.69) is 0 Å². The van der Waals surface area contributed by atoms with Crippen molar-refractivity contribution >= 4 is 21.5 Å². The second-order valence-corrected chi connectivity index (χ2v) is 9.48. The molecule has 1 atom stereocenters. The number of aromatic nitrogens is 1. The third kappa shape index (κ3) is 3.36. The van der Waals surface area contributed by atoms with E-state index in [1.165, 1.54) is 28.6 Å². The second kappa shape index (κ2) is 7.59. The Labute approximate surface area is 174 Å². The molecule has 3 aromatic rings. The molecule has 0 saturated carbocycles. The van der Waals surface area contributed by atoms with E-state index in [4.69, 9.17) is 5.26 Å². The van der Waals surface area contributed by atoms with Crippen LogP contribution in [0.15, 0.2) is 53.6 Å². The molecule has 30 heavy (non-hydrogen) atoms. The summed E-state index contributed by atoms with van der Waals surface area (Å²) in [4.78, 5) is 11.5. The Morgan fingerprint density at radius 1 is 1.23 bits per heavy atom. The summed E-state index contributed by atoms with van der Waals surface area (Å²) in [5.41, 5.74) is 4.14. The number of carboxylic acid groups (broad SMARTS) is 1. The van der Waals surface area contributed by atoms with Gasteiger partial charge in [-0.05, 0) is 66.8 Å². The molecule has 0 fully saturated rings. The van der Waals surface area contributed by atoms with Crippen LogP contribution < -0.4 is 0 Å². The SMILES string of the molecule is CN(C1CCc2c(c3ccccn3c2CC(=O)O)C1)S(=O)(=O)c1ccc(C#N)cc1. The maximum Gasteiger partial charge on any atom is 0.309 e. The summed E-state index contributed by atoms with van der Waals surface area (Å²) < 4.78 is 29.6. The molecule has 1 N–H and O–H groups in total. The van der Waals surface area contributed by atoms with Crippen molar-refractivity contribution in [2.45, 2.75) is 36.6 Å². The Morgan fingerprint density at radius 2 is 1.97 bits per heavy atom. The Hall–Kier alpha value is -3.15. The van der Waals surface area contributed by atoms with Crippen LogP contribution in [0.25, 0.3) is 5.52 Å². The van der Waals surface area contributed by atoms with Crippen molar-refractivity contribution in [2.75, 3.05) is 7.05 Å². The fourth-order valence-corrected chi connectivity index (χ4v) is 5.66. The zero-order chi connectivity index (χ0) is 21.5. The highest BCUT2D eigenvalue weighted by Gasteiger charge is 2.33. The molecule has 1 aliphatic rings. The molecule has 0 aliphatic heterocycles. The van der Waals surface area contributed by atoms with Crippen molar-refractivity contribution in [2.24, 2.45) is 0 Å². The van der Waals surface area contributed by atoms with Crippen molar-refractivity contribution < 1.29 is 18.3 Å². The Bertz CT molecular complexity index is 1270. The summed E-state index contributed by atoms with van der Waals surface area (Å²) in [6.07, 6.45) is 3.55. The predicted octanol–water partition coefficient (Wildman–Crippen LogP) is 2.62. The molecule has 1 aromatic carbocycles. The molecule has 8 heteroatoms. The minimum atomic E-state index is -3.71. The molecule has 0 bridgehead atoms. The van der Waals surface area contributed by atoms with Gasteiger partial charge in [-0.3, -0.25) is 4.79 Å². The average Bonchev–Trinajstić information content (AvgIpc) is 3.06. The monoisotopic (exact) mass is 423 g/mol. The van der Waals surface area contributed by atoms with Crippen molar-refractivity contribution in [1.82, 2.24) is 8.71 Å². The highest BCUT2D eigenvalue weighted by molar-refractivity contribution is 7.89. The van der Waals surface area contributed by atoms with E-state index < -0.39 is 16.0 Å². The molecule has 7 nitrogen and oxygen atoms in total. The number of hydrogen-bond acceptors (Lipinski definition) is 4. The molecular weight excluding hydrogens is 402 g/mol. The van der Waals surface area contributed by atoms with Crippen LogP contribution >= 0.6 is 0 Å². The number of fused-ring (bicyclic) bond motifs is 3. The third-order valence-electron chi connectivity index (χ3n) is 5.83. The fourth-order valence-electron chi connectivity index (χ4n) is 4.28. The number of pyridine rings is 1. The van der Waals surface area contributed by atoms with E-state index in [1.54, 1.807) is 7.05 Å². The van der Waals surface area contributed by atoms with Gasteiger partial charge in [0, 0.05) is 30.5 Å². The molecule has 2 aromatic heterocycles. The standard InChI is InChI=1S/C22H21N3O4S/c1-24(30(28,29)17-8-5-15(14-23)6-9-17)16-7-10-18-19(12-16)20-4-2-3-11-25(20)21(18)13-22(26)27/h2-6,8-9,11,16H,7,10,12-13H2,1H3,(H,26,27). The van der Waals surface area contributed by atoms with Gasteiger partial charge in [-0.1, -0.05) is 6.07 Å². The molecule has 0 radical (unpaired) electrons. The van der Waals surface area contributed by atoms with Gasteiger partial charge in [0.1, 0.15) is 0 Å². The number of nitriles is 1. The zero-order valence-electron chi connectivity index (χ0n) is 16.4. The first-order valence-corrected chi connectivity index (χ1v) is 11.1. The number of carbonyl (C=O) groups is 1. The highest BCUT2D eigenvalue weighted by atomic mass is 32.2. The number of sulfonamides is 1. The fraction of sp³-hybridized carbons (Fsp3) is 0.273. The van der Waals surface area contributed by atoms with Crippen LogP contribution in [0.3, 0.4) is 0 Å². The van der Waals surface area contributed by atoms with Crippen molar-refractivity contribution in [1.29, 1.82) is 5.26 Å². The van der Waals surface area contributed by atoms with Crippen LogP contribution in [-0.4, -0.2) is 41.3 Å². The molecular formula is C22H21N3O4S. The normalized spacial score (nSPS) is 16.4. The first-order valence-electron chi connectivity index (χ1n) is 9.62. The summed E-state index contributed by atoms with van der Waals surface area (Å²) in [5.74, 6) is -0.885. The van der Waals surface area contributed by atoms with E-state index in [1.807, 2.05) is 34.9 Å². The molecule has 0 saturated heterocycles. The summed E-state index contributed by atoms with van der Waals surface area (Å²) in [7, 11) is -2.13. The number of benzene rings is 1. The summed E-state index contributed by atoms with van der Waals surface area (Å²) >= 11 is 0. The number of nitrogens with zero attached hydrogens (tertiary/aromatic N) is 3. The molecule has 154 valence electrons. The number of rotatable bonds is 5. The molecule has 2 heterocycles. The van der Waals surface area contributed by atoms with Crippen LogP contribution in [0.1, 0.15) is 28.8 Å². The van der Waals surface area contributed by atoms with E-state index in [0.717, 1.165) is 22.3 Å². The van der Waals surface area contributed by atoms with Gasteiger partial charge in [-0.15, -0.1) is 0 Å². The lowest BCUT2D eigenvalue weighted by Crippen LogP contribution is -2.40. The number of likely N-dealkylation sites (N-methyl/N-ethyl adjacent to an activating group) is 1. The Balaban J connectivity index is 1.68. The zero-order valence-corrected chi connectivity index (χ0v) is 17.3. The van der Waals surface area contributed by atoms with Gasteiger partial charge in [0.05, 0.1) is 22.9 Å². The van der Waals surface area contributed by atoms with Crippen LogP contribution in [0, 0.1) is 11.3 Å². The molecule has 4 rings (SSSR count). The topological polar surface area (TPSA) is 103 Å². The van der Waals surface area contributed by atoms with Crippen LogP contribution in [-0.2, 0) is 34.1 Å². The molecule has 1 aliphatic carbocycles. The third-order valence-corrected chi connectivity index (χ3v) is 7.76. The van der Waals surface area contributed by atoms with E-state index in [-0.39, 0.29) is 17.4 Å². The van der Waals surface area contributed by atoms with Gasteiger partial charge in [0.25, 0.3) is 0 Å². The first-order chi connectivity index (χ1) is 14.3. The van der Waals surface area contributed by atoms with Gasteiger partial charge < -0.3 is 9.51 Å². The number of hydrogen-bond donors (Lipinski definition) is 1. The minimum absolute atomic E-state index is 0.0649. The van der Waals surface area contributed by atoms with Crippen LogP contribution in [0.2, 0.25) is 0 Å². The quantitative estimate of drug-likeness (QED) is 0.680. The lowest BCUT2D eigenvalue weighted by atomic mass is 9.88. The van der Waals surface area contributed by atoms with Gasteiger partial charge >= 0.3 is 5.97 Å². The highest BCUT2D eigenvalue weighted by Crippen LogP contribution is 2.34. The van der Waals surface area contributed by atoms with E-state index in [9.17, 15) is 18.3 Å². The van der Waals surface area contributed by atoms with Gasteiger partial charge in [-0.25, -0.2) is 8.42 Å². The smallest absolute Gasteiger partial charge is 0.309 e. The largest absolute Gasteiger partial charge is 0.481 e. The Kier molecular flexibility index (Phi) is 5.10. The first kappa shape index (κ1) is 20.1. The van der Waals surface area contributed by atoms with Gasteiger partial charge in [0.15, 0.2) is 0 Å². The molecule has 0 amide bonds. The van der Waals surface area contributed by atoms with E-state index in [0.29, 0.717) is 24.8 Å². The lowest BCUT2D eigenvalue weighted by Gasteiger charge is -2.31. The van der Waals surface area contributed by atoms with Gasteiger partial charge in [-0.2, -0.15) is 9.57 Å². The maximum atomic E-state index is 13.1. The van der Waals surface area contributed by atoms with Crippen molar-refractivity contribution in [3.8, 4) is 6.07 Å². The number of aliphatic carboxylic acids is 1. The molecule has 0 spiro atoms. The lowest BCUT2D eigenvalue weighted by molar-refractivity contribution is -0.136. The van der Waals surface area contributed by atoms with Crippen molar-refractivity contribution in [3.63, 3.8) is 0 Å². The predicted molar refractivity (Wildman–Crippen MR) is 111 cm³/mol. The van der Waals surface area contributed by atoms with Crippen LogP contribution in [0.5, 0.6) is 0 Å². The Morgan fingerprint density at radius 3 is 2.63 bits per heavy atom. The minimum Gasteiger partial charge on any atom is -0.481 e. The summed E-state index contributed by atoms with van der Waals surface area (Å²) in [6.45, 7) is 0. The second-order valence-electron chi connectivity index (χ2n) is 7.48.